The monoisotopic (exact) mass is 357 g/mol. The zero-order chi connectivity index (χ0) is 18.3. The lowest BCUT2D eigenvalue weighted by molar-refractivity contribution is -0.153. The van der Waals surface area contributed by atoms with Crippen LogP contribution in [0.4, 0.5) is 17.6 Å². The number of benzene rings is 2. The van der Waals surface area contributed by atoms with E-state index in [1.165, 1.54) is 36.4 Å². The van der Waals surface area contributed by atoms with Gasteiger partial charge in [-0.05, 0) is 42.0 Å². The maximum Gasteiger partial charge on any atom is 0.422 e. The Morgan fingerprint density at radius 3 is 2.08 bits per heavy atom. The molecule has 0 atom stereocenters. The zero-order valence-corrected chi connectivity index (χ0v) is 13.0. The number of carbonyl (C=O) groups is 1. The smallest absolute Gasteiger partial charge is 0.422 e. The van der Waals surface area contributed by atoms with Crippen LogP contribution in [0.15, 0.2) is 48.5 Å². The predicted molar refractivity (Wildman–Crippen MR) is 81.7 cm³/mol. The molecule has 0 bridgehead atoms. The molecule has 2 aromatic carbocycles. The first-order valence-corrected chi connectivity index (χ1v) is 7.25. The van der Waals surface area contributed by atoms with Gasteiger partial charge in [0, 0.05) is 6.54 Å². The summed E-state index contributed by atoms with van der Waals surface area (Å²) < 4.78 is 58.6. The molecule has 8 heteroatoms. The second kappa shape index (κ2) is 8.36. The quantitative estimate of drug-likeness (QED) is 0.772. The highest BCUT2D eigenvalue weighted by Crippen LogP contribution is 2.18. The van der Waals surface area contributed by atoms with Crippen molar-refractivity contribution in [1.29, 1.82) is 0 Å². The summed E-state index contributed by atoms with van der Waals surface area (Å²) in [6.07, 6.45) is -4.39. The summed E-state index contributed by atoms with van der Waals surface area (Å²) in [6.45, 7) is -1.41. The lowest BCUT2D eigenvalue weighted by Gasteiger charge is -2.10. The van der Waals surface area contributed by atoms with Gasteiger partial charge in [-0.2, -0.15) is 13.2 Å². The molecule has 0 heterocycles. The van der Waals surface area contributed by atoms with E-state index in [9.17, 15) is 22.4 Å². The number of nitrogens with one attached hydrogen (secondary N) is 1. The van der Waals surface area contributed by atoms with Crippen molar-refractivity contribution in [2.45, 2.75) is 12.7 Å². The van der Waals surface area contributed by atoms with E-state index in [1.807, 2.05) is 0 Å². The molecular weight excluding hydrogens is 342 g/mol. The Hall–Kier alpha value is -2.77. The van der Waals surface area contributed by atoms with Crippen molar-refractivity contribution in [2.24, 2.45) is 0 Å². The normalized spacial score (nSPS) is 11.0. The van der Waals surface area contributed by atoms with Gasteiger partial charge < -0.3 is 14.8 Å². The van der Waals surface area contributed by atoms with Crippen LogP contribution in [0.1, 0.15) is 5.56 Å². The Morgan fingerprint density at radius 1 is 0.920 bits per heavy atom. The van der Waals surface area contributed by atoms with Gasteiger partial charge in [-0.25, -0.2) is 4.39 Å². The van der Waals surface area contributed by atoms with Gasteiger partial charge in [-0.15, -0.1) is 0 Å². The highest BCUT2D eigenvalue weighted by Gasteiger charge is 2.28. The fourth-order valence-electron chi connectivity index (χ4n) is 1.80. The number of carbonyl (C=O) groups excluding carboxylic acids is 1. The van der Waals surface area contributed by atoms with Gasteiger partial charge in [0.05, 0.1) is 0 Å². The molecule has 25 heavy (non-hydrogen) atoms. The summed E-state index contributed by atoms with van der Waals surface area (Å²) in [5, 5.41) is 2.60. The minimum absolute atomic E-state index is 0.0899. The second-order valence-electron chi connectivity index (χ2n) is 5.07. The molecule has 0 fully saturated rings. The molecule has 0 radical (unpaired) electrons. The molecule has 1 N–H and O–H groups in total. The number of halogens is 4. The molecule has 0 aliphatic heterocycles. The topological polar surface area (TPSA) is 47.6 Å². The minimum Gasteiger partial charge on any atom is -0.484 e. The summed E-state index contributed by atoms with van der Waals surface area (Å²) in [4.78, 5) is 11.7. The third kappa shape index (κ3) is 7.11. The molecule has 0 saturated carbocycles. The summed E-state index contributed by atoms with van der Waals surface area (Å²) in [5.41, 5.74) is 0.689. The number of ether oxygens (including phenoxy) is 2. The van der Waals surface area contributed by atoms with Crippen molar-refractivity contribution in [3.8, 4) is 11.5 Å². The van der Waals surface area contributed by atoms with E-state index in [0.717, 1.165) is 0 Å². The molecule has 0 saturated heterocycles. The molecule has 2 rings (SSSR count). The van der Waals surface area contributed by atoms with Gasteiger partial charge in [-0.1, -0.05) is 12.1 Å². The first-order valence-electron chi connectivity index (χ1n) is 7.25. The van der Waals surface area contributed by atoms with Crippen LogP contribution in [0.2, 0.25) is 0 Å². The Labute approximate surface area is 141 Å². The van der Waals surface area contributed by atoms with Crippen LogP contribution in [0.25, 0.3) is 0 Å². The third-order valence-electron chi connectivity index (χ3n) is 3.00. The first kappa shape index (κ1) is 18.6. The van der Waals surface area contributed by atoms with Crippen LogP contribution in [-0.4, -0.2) is 25.3 Å². The molecule has 0 aromatic heterocycles. The van der Waals surface area contributed by atoms with E-state index in [0.29, 0.717) is 11.3 Å². The summed E-state index contributed by atoms with van der Waals surface area (Å²) in [7, 11) is 0. The summed E-state index contributed by atoms with van der Waals surface area (Å²) >= 11 is 0. The van der Waals surface area contributed by atoms with Gasteiger partial charge in [-0.3, -0.25) is 4.79 Å². The van der Waals surface area contributed by atoms with E-state index < -0.39 is 18.6 Å². The molecule has 4 nitrogen and oxygen atoms in total. The molecule has 0 aliphatic rings. The predicted octanol–water partition coefficient (Wildman–Crippen LogP) is 3.46. The van der Waals surface area contributed by atoms with E-state index >= 15 is 0 Å². The van der Waals surface area contributed by atoms with Crippen LogP contribution in [-0.2, 0) is 11.3 Å². The van der Waals surface area contributed by atoms with E-state index in [2.05, 4.69) is 10.1 Å². The SMILES string of the molecule is O=C(COc1ccc(F)cc1)NCc1ccc(OCC(F)(F)F)cc1. The second-order valence-corrected chi connectivity index (χ2v) is 5.07. The Balaban J connectivity index is 1.73. The van der Waals surface area contributed by atoms with Crippen LogP contribution in [0.3, 0.4) is 0 Å². The number of amides is 1. The first-order chi connectivity index (χ1) is 11.8. The molecule has 0 unspecified atom stereocenters. The van der Waals surface area contributed by atoms with Crippen molar-refractivity contribution in [2.75, 3.05) is 13.2 Å². The van der Waals surface area contributed by atoms with Crippen molar-refractivity contribution in [3.63, 3.8) is 0 Å². The largest absolute Gasteiger partial charge is 0.484 e. The Kier molecular flexibility index (Phi) is 6.21. The van der Waals surface area contributed by atoms with Gasteiger partial charge in [0.2, 0.25) is 0 Å². The molecule has 0 aliphatic carbocycles. The molecule has 1 amide bonds. The molecular formula is C17H15F4NO3. The maximum absolute atomic E-state index is 12.7. The van der Waals surface area contributed by atoms with Gasteiger partial charge >= 0.3 is 6.18 Å². The standard InChI is InChI=1S/C17H15F4NO3/c18-13-3-7-14(8-4-13)24-10-16(23)22-9-12-1-5-15(6-2-12)25-11-17(19,20)21/h1-8H,9-11H2,(H,22,23). The number of hydrogen-bond donors (Lipinski definition) is 1. The van der Waals surface area contributed by atoms with Crippen molar-refractivity contribution in [1.82, 2.24) is 5.32 Å². The van der Waals surface area contributed by atoms with Crippen LogP contribution < -0.4 is 14.8 Å². The number of hydrogen-bond acceptors (Lipinski definition) is 3. The third-order valence-corrected chi connectivity index (χ3v) is 3.00. The van der Waals surface area contributed by atoms with Gasteiger partial charge in [0.25, 0.3) is 5.91 Å². The van der Waals surface area contributed by atoms with E-state index in [1.54, 1.807) is 12.1 Å². The maximum atomic E-state index is 12.7. The van der Waals surface area contributed by atoms with Gasteiger partial charge in [0.15, 0.2) is 13.2 Å². The lowest BCUT2D eigenvalue weighted by atomic mass is 10.2. The van der Waals surface area contributed by atoms with Crippen molar-refractivity contribution < 1.29 is 31.8 Å². The number of alkyl halides is 3. The van der Waals surface area contributed by atoms with Crippen molar-refractivity contribution >= 4 is 5.91 Å². The zero-order valence-electron chi connectivity index (χ0n) is 13.0. The van der Waals surface area contributed by atoms with Crippen molar-refractivity contribution in [3.05, 3.63) is 59.9 Å². The van der Waals surface area contributed by atoms with Crippen LogP contribution >= 0.6 is 0 Å². The average molecular weight is 357 g/mol. The molecule has 0 spiro atoms. The average Bonchev–Trinajstić information content (AvgIpc) is 2.58. The number of rotatable bonds is 7. The Bertz CT molecular complexity index is 685. The fourth-order valence-corrected chi connectivity index (χ4v) is 1.80. The Morgan fingerprint density at radius 2 is 1.48 bits per heavy atom. The fraction of sp³-hybridized carbons (Fsp3) is 0.235. The molecule has 2 aromatic rings. The summed E-state index contributed by atoms with van der Waals surface area (Å²) in [5.74, 6) is -0.337. The van der Waals surface area contributed by atoms with E-state index in [4.69, 9.17) is 4.74 Å². The highest BCUT2D eigenvalue weighted by molar-refractivity contribution is 5.77. The van der Waals surface area contributed by atoms with E-state index in [-0.39, 0.29) is 24.8 Å². The van der Waals surface area contributed by atoms with Crippen LogP contribution in [0.5, 0.6) is 11.5 Å². The lowest BCUT2D eigenvalue weighted by Crippen LogP contribution is -2.28. The van der Waals surface area contributed by atoms with Crippen LogP contribution in [0, 0.1) is 5.82 Å². The summed E-state index contributed by atoms with van der Waals surface area (Å²) in [6, 6.07) is 11.1. The minimum atomic E-state index is -4.39. The highest BCUT2D eigenvalue weighted by atomic mass is 19.4. The van der Waals surface area contributed by atoms with Gasteiger partial charge in [0.1, 0.15) is 17.3 Å². The molecule has 134 valence electrons.